The Labute approximate surface area is 94.9 Å². The molecule has 0 fully saturated rings. The summed E-state index contributed by atoms with van der Waals surface area (Å²) in [6, 6.07) is 0. The summed E-state index contributed by atoms with van der Waals surface area (Å²) in [4.78, 5) is 0. The van der Waals surface area contributed by atoms with Gasteiger partial charge in [0, 0.05) is 0 Å². The zero-order valence-electron chi connectivity index (χ0n) is 10.2. The van der Waals surface area contributed by atoms with Crippen molar-refractivity contribution in [1.29, 1.82) is 0 Å². The van der Waals surface area contributed by atoms with Gasteiger partial charge < -0.3 is 21.5 Å². The Hall–Kier alpha value is 0.440. The van der Waals surface area contributed by atoms with Crippen LogP contribution in [0.2, 0.25) is 0 Å². The van der Waals surface area contributed by atoms with E-state index in [2.05, 4.69) is 41.8 Å². The minimum absolute atomic E-state index is 0. The third-order valence-corrected chi connectivity index (χ3v) is 4.05. The average molecular weight is 252 g/mol. The van der Waals surface area contributed by atoms with E-state index in [9.17, 15) is 0 Å². The van der Waals surface area contributed by atoms with Crippen LogP contribution in [-0.2, 0) is 0 Å². The van der Waals surface area contributed by atoms with Gasteiger partial charge in [0.2, 0.25) is 0 Å². The first-order valence-electron chi connectivity index (χ1n) is 5.32. The van der Waals surface area contributed by atoms with E-state index in [1.54, 1.807) is 0 Å². The molecule has 0 unspecified atom stereocenters. The van der Waals surface area contributed by atoms with Gasteiger partial charge in [-0.3, -0.25) is 0 Å². The van der Waals surface area contributed by atoms with Crippen molar-refractivity contribution in [3.8, 4) is 0 Å². The van der Waals surface area contributed by atoms with Crippen LogP contribution < -0.4 is 17.0 Å². The number of halogens is 1. The van der Waals surface area contributed by atoms with Crippen molar-refractivity contribution in [2.75, 3.05) is 20.6 Å². The molecule has 82 valence electrons. The molecule has 0 N–H and O–H groups in total. The first-order valence-corrected chi connectivity index (χ1v) is 5.32. The standard InChI is InChI=1S/C11H26N.BrH/c1-7-11(8-2,9-3)12(5,6)10-4;/h7-10H2,1-6H3;1H/q+1;/p-1. The lowest BCUT2D eigenvalue weighted by atomic mass is 9.86. The number of rotatable bonds is 5. The van der Waals surface area contributed by atoms with E-state index in [0.29, 0.717) is 5.54 Å². The van der Waals surface area contributed by atoms with Crippen LogP contribution in [0.4, 0.5) is 0 Å². The molecule has 0 saturated carbocycles. The molecule has 0 rings (SSSR count). The molecule has 0 aromatic heterocycles. The molecule has 0 aromatic carbocycles. The van der Waals surface area contributed by atoms with Gasteiger partial charge in [-0.1, -0.05) is 20.8 Å². The second kappa shape index (κ2) is 6.02. The molecule has 0 atom stereocenters. The minimum atomic E-state index is 0. The fraction of sp³-hybridized carbons (Fsp3) is 1.00. The Bertz CT molecular complexity index is 120. The van der Waals surface area contributed by atoms with Crippen LogP contribution in [0.15, 0.2) is 0 Å². The lowest BCUT2D eigenvalue weighted by molar-refractivity contribution is -0.941. The highest BCUT2D eigenvalue weighted by Gasteiger charge is 2.39. The molecule has 0 aliphatic rings. The maximum Gasteiger partial charge on any atom is 0.0980 e. The topological polar surface area (TPSA) is 0 Å². The van der Waals surface area contributed by atoms with Gasteiger partial charge in [0.25, 0.3) is 0 Å². The highest BCUT2D eigenvalue weighted by atomic mass is 79.9. The van der Waals surface area contributed by atoms with Crippen LogP contribution in [-0.4, -0.2) is 30.7 Å². The van der Waals surface area contributed by atoms with E-state index in [1.807, 2.05) is 0 Å². The zero-order chi connectivity index (χ0) is 9.83. The predicted octanol–water partition coefficient (Wildman–Crippen LogP) is 0.0555. The molecule has 13 heavy (non-hydrogen) atoms. The molecule has 2 heteroatoms. The Balaban J connectivity index is 0. The maximum absolute atomic E-state index is 2.36. The fourth-order valence-corrected chi connectivity index (χ4v) is 2.37. The first kappa shape index (κ1) is 15.9. The van der Waals surface area contributed by atoms with Gasteiger partial charge >= 0.3 is 0 Å². The van der Waals surface area contributed by atoms with Crippen molar-refractivity contribution in [3.05, 3.63) is 0 Å². The minimum Gasteiger partial charge on any atom is -1.00 e. The van der Waals surface area contributed by atoms with Crippen molar-refractivity contribution in [2.45, 2.75) is 52.5 Å². The van der Waals surface area contributed by atoms with Gasteiger partial charge in [-0.05, 0) is 26.2 Å². The lowest BCUT2D eigenvalue weighted by Crippen LogP contribution is -3.00. The van der Waals surface area contributed by atoms with Crippen molar-refractivity contribution in [2.24, 2.45) is 0 Å². The van der Waals surface area contributed by atoms with Crippen molar-refractivity contribution in [3.63, 3.8) is 0 Å². The number of nitrogens with zero attached hydrogens (tertiary/aromatic N) is 1. The highest BCUT2D eigenvalue weighted by Crippen LogP contribution is 2.31. The molecule has 0 aromatic rings. The predicted molar refractivity (Wildman–Crippen MR) is 56.3 cm³/mol. The molecule has 0 heterocycles. The normalized spacial score (nSPS) is 12.5. The third-order valence-electron chi connectivity index (χ3n) is 4.05. The maximum atomic E-state index is 2.36. The van der Waals surface area contributed by atoms with E-state index in [4.69, 9.17) is 0 Å². The molecule has 0 amide bonds. The zero-order valence-corrected chi connectivity index (χ0v) is 11.7. The van der Waals surface area contributed by atoms with Gasteiger partial charge in [0.05, 0.1) is 26.2 Å². The van der Waals surface area contributed by atoms with Crippen molar-refractivity contribution in [1.82, 2.24) is 0 Å². The van der Waals surface area contributed by atoms with Crippen LogP contribution in [0, 0.1) is 0 Å². The van der Waals surface area contributed by atoms with E-state index < -0.39 is 0 Å². The van der Waals surface area contributed by atoms with E-state index in [1.165, 1.54) is 25.8 Å². The highest BCUT2D eigenvalue weighted by molar-refractivity contribution is 4.75. The average Bonchev–Trinajstić information content (AvgIpc) is 2.08. The third kappa shape index (κ3) is 2.95. The second-order valence-electron chi connectivity index (χ2n) is 4.29. The molecular formula is C11H26BrN. The van der Waals surface area contributed by atoms with Crippen LogP contribution in [0.1, 0.15) is 47.0 Å². The van der Waals surface area contributed by atoms with Crippen molar-refractivity contribution >= 4 is 0 Å². The smallest absolute Gasteiger partial charge is 0.0980 e. The van der Waals surface area contributed by atoms with Gasteiger partial charge in [-0.25, -0.2) is 0 Å². The number of hydrogen-bond acceptors (Lipinski definition) is 0. The van der Waals surface area contributed by atoms with Crippen LogP contribution >= 0.6 is 0 Å². The first-order chi connectivity index (χ1) is 5.49. The van der Waals surface area contributed by atoms with E-state index in [-0.39, 0.29) is 17.0 Å². The Morgan fingerprint density at radius 1 is 0.846 bits per heavy atom. The van der Waals surface area contributed by atoms with Crippen LogP contribution in [0.3, 0.4) is 0 Å². The van der Waals surface area contributed by atoms with Gasteiger partial charge in [-0.2, -0.15) is 0 Å². The largest absolute Gasteiger partial charge is 1.00 e. The quantitative estimate of drug-likeness (QED) is 0.607. The number of hydrogen-bond donors (Lipinski definition) is 0. The molecular weight excluding hydrogens is 226 g/mol. The van der Waals surface area contributed by atoms with Crippen LogP contribution in [0.25, 0.3) is 0 Å². The fourth-order valence-electron chi connectivity index (χ4n) is 2.37. The van der Waals surface area contributed by atoms with E-state index in [0.717, 1.165) is 4.48 Å². The molecule has 0 aliphatic heterocycles. The molecule has 0 radical (unpaired) electrons. The van der Waals surface area contributed by atoms with Gasteiger partial charge in [-0.15, -0.1) is 0 Å². The Morgan fingerprint density at radius 3 is 1.23 bits per heavy atom. The summed E-state index contributed by atoms with van der Waals surface area (Å²) >= 11 is 0. The molecule has 1 nitrogen and oxygen atoms in total. The summed E-state index contributed by atoms with van der Waals surface area (Å²) in [5, 5.41) is 0. The second-order valence-corrected chi connectivity index (χ2v) is 4.29. The Morgan fingerprint density at radius 2 is 1.15 bits per heavy atom. The molecule has 0 bridgehead atoms. The summed E-state index contributed by atoms with van der Waals surface area (Å²) in [7, 11) is 4.72. The molecule has 0 saturated heterocycles. The Kier molecular flexibility index (Phi) is 7.36. The number of quaternary nitrogens is 1. The van der Waals surface area contributed by atoms with E-state index >= 15 is 0 Å². The van der Waals surface area contributed by atoms with Gasteiger partial charge in [0.1, 0.15) is 0 Å². The van der Waals surface area contributed by atoms with Crippen molar-refractivity contribution < 1.29 is 21.5 Å². The summed E-state index contributed by atoms with van der Waals surface area (Å²) in [5.74, 6) is 0. The molecule has 0 aliphatic carbocycles. The van der Waals surface area contributed by atoms with Gasteiger partial charge in [0.15, 0.2) is 0 Å². The molecule has 0 spiro atoms. The summed E-state index contributed by atoms with van der Waals surface area (Å²) in [5.41, 5.74) is 0.509. The summed E-state index contributed by atoms with van der Waals surface area (Å²) in [6.07, 6.45) is 3.88. The van der Waals surface area contributed by atoms with Crippen LogP contribution in [0.5, 0.6) is 0 Å². The lowest BCUT2D eigenvalue weighted by Gasteiger charge is -2.47. The SMILES string of the molecule is CCC(CC)(CC)[N+](C)(C)CC.[Br-]. The monoisotopic (exact) mass is 251 g/mol. The summed E-state index contributed by atoms with van der Waals surface area (Å²) in [6.45, 7) is 10.5. The summed E-state index contributed by atoms with van der Waals surface area (Å²) < 4.78 is 1.16.